The summed E-state index contributed by atoms with van der Waals surface area (Å²) in [6.45, 7) is 2.63. The monoisotopic (exact) mass is 392 g/mol. The third-order valence-electron chi connectivity index (χ3n) is 4.71. The number of hydrogen-bond donors (Lipinski definition) is 1. The number of imide groups is 1. The van der Waals surface area contributed by atoms with Crippen molar-refractivity contribution in [1.29, 1.82) is 0 Å². The van der Waals surface area contributed by atoms with Gasteiger partial charge >= 0.3 is 6.03 Å². The summed E-state index contributed by atoms with van der Waals surface area (Å²) in [6, 6.07) is -0.402. The minimum atomic E-state index is -0.402. The fraction of sp³-hybridized carbons (Fsp3) is 0.700. The smallest absolute Gasteiger partial charge is 0.291 e. The van der Waals surface area contributed by atoms with E-state index in [1.54, 1.807) is 24.2 Å². The summed E-state index contributed by atoms with van der Waals surface area (Å²) in [6.07, 6.45) is 17.0. The van der Waals surface area contributed by atoms with Crippen molar-refractivity contribution in [2.45, 2.75) is 82.7 Å². The van der Waals surface area contributed by atoms with Gasteiger partial charge in [0.05, 0.1) is 18.1 Å². The number of rotatable bonds is 13. The van der Waals surface area contributed by atoms with E-state index in [0.717, 1.165) is 10.9 Å². The minimum Gasteiger partial charge on any atom is -0.291 e. The highest BCUT2D eigenvalue weighted by Crippen LogP contribution is 2.20. The van der Waals surface area contributed by atoms with Crippen LogP contribution in [0, 0.1) is 0 Å². The van der Waals surface area contributed by atoms with E-state index in [-0.39, 0.29) is 5.91 Å². The minimum absolute atomic E-state index is 0.235. The van der Waals surface area contributed by atoms with E-state index in [0.29, 0.717) is 18.7 Å². The van der Waals surface area contributed by atoms with Gasteiger partial charge in [0.1, 0.15) is 0 Å². The third-order valence-corrected chi connectivity index (χ3v) is 5.67. The Morgan fingerprint density at radius 1 is 0.963 bits per heavy atom. The molecule has 2 rings (SSSR count). The topological polar surface area (TPSA) is 75.2 Å². The average molecular weight is 393 g/mol. The number of nitrogens with one attached hydrogen (secondary N) is 1. The summed E-state index contributed by atoms with van der Waals surface area (Å²) >= 11 is 1.66. The summed E-state index contributed by atoms with van der Waals surface area (Å²) in [5.41, 5.74) is 0.628. The first-order chi connectivity index (χ1) is 13.2. The van der Waals surface area contributed by atoms with Gasteiger partial charge in [-0.2, -0.15) is 0 Å². The van der Waals surface area contributed by atoms with Gasteiger partial charge in [-0.25, -0.2) is 14.8 Å². The molecule has 2 heterocycles. The van der Waals surface area contributed by atoms with Crippen molar-refractivity contribution in [1.82, 2.24) is 15.3 Å². The molecule has 0 spiro atoms. The first-order valence-corrected chi connectivity index (χ1v) is 11.3. The Hall–Kier alpha value is -1.63. The van der Waals surface area contributed by atoms with Gasteiger partial charge in [-0.3, -0.25) is 15.0 Å². The number of amides is 3. The highest BCUT2D eigenvalue weighted by Gasteiger charge is 2.24. The maximum Gasteiger partial charge on any atom is 0.328 e. The van der Waals surface area contributed by atoms with Gasteiger partial charge in [-0.1, -0.05) is 76.5 Å². The van der Waals surface area contributed by atoms with Gasteiger partial charge in [0, 0.05) is 18.7 Å². The molecule has 1 aromatic rings. The number of unbranched alkanes of at least 4 members (excludes halogenated alkanes) is 9. The van der Waals surface area contributed by atoms with Crippen LogP contribution < -0.4 is 10.2 Å². The number of anilines is 1. The van der Waals surface area contributed by atoms with Crippen LogP contribution in [0.15, 0.2) is 17.6 Å². The molecule has 1 aliphatic heterocycles. The van der Waals surface area contributed by atoms with Crippen molar-refractivity contribution >= 4 is 29.4 Å². The predicted octanol–water partition coefficient (Wildman–Crippen LogP) is 4.94. The number of carbonyl (C=O) groups excluding carboxylic acids is 2. The Morgan fingerprint density at radius 2 is 1.56 bits per heavy atom. The van der Waals surface area contributed by atoms with E-state index >= 15 is 0 Å². The largest absolute Gasteiger partial charge is 0.328 e. The van der Waals surface area contributed by atoms with Crippen LogP contribution in [-0.4, -0.2) is 34.2 Å². The van der Waals surface area contributed by atoms with E-state index < -0.39 is 6.03 Å². The van der Waals surface area contributed by atoms with Crippen LogP contribution in [0.3, 0.4) is 0 Å². The molecule has 0 unspecified atom stereocenters. The summed E-state index contributed by atoms with van der Waals surface area (Å²) in [5.74, 6) is 0.787. The Labute approximate surface area is 166 Å². The number of aromatic nitrogens is 2. The molecule has 1 aliphatic rings. The summed E-state index contributed by atoms with van der Waals surface area (Å²) < 4.78 is 0. The molecule has 150 valence electrons. The zero-order chi connectivity index (χ0) is 19.3. The number of carbonyl (C=O) groups is 2. The SMILES string of the molecule is CCCCCCCCCCCCSc1ncc(N2CCC(=O)NC2=O)cn1. The third kappa shape index (κ3) is 8.28. The standard InChI is InChI=1S/C20H32N4O2S/c1-2-3-4-5-6-7-8-9-10-11-14-27-19-21-15-17(16-22-19)24-13-12-18(25)23-20(24)26/h15-16H,2-14H2,1H3,(H,23,25,26). The van der Waals surface area contributed by atoms with Crippen LogP contribution in [0.2, 0.25) is 0 Å². The number of nitrogens with zero attached hydrogens (tertiary/aromatic N) is 3. The summed E-state index contributed by atoms with van der Waals surface area (Å²) in [5, 5.41) is 3.04. The Balaban J connectivity index is 1.54. The Morgan fingerprint density at radius 3 is 2.15 bits per heavy atom. The van der Waals surface area contributed by atoms with E-state index in [2.05, 4.69) is 22.2 Å². The molecular weight excluding hydrogens is 360 g/mol. The number of thioether (sulfide) groups is 1. The van der Waals surface area contributed by atoms with E-state index in [1.165, 1.54) is 69.1 Å². The lowest BCUT2D eigenvalue weighted by atomic mass is 10.1. The fourth-order valence-electron chi connectivity index (χ4n) is 3.09. The summed E-state index contributed by atoms with van der Waals surface area (Å²) in [4.78, 5) is 33.2. The van der Waals surface area contributed by atoms with Crippen molar-refractivity contribution in [3.05, 3.63) is 12.4 Å². The molecule has 1 fully saturated rings. The quantitative estimate of drug-likeness (QED) is 0.292. The molecule has 7 heteroatoms. The van der Waals surface area contributed by atoms with Gasteiger partial charge in [0.2, 0.25) is 5.91 Å². The van der Waals surface area contributed by atoms with Crippen LogP contribution in [-0.2, 0) is 4.79 Å². The molecule has 1 saturated heterocycles. The highest BCUT2D eigenvalue weighted by molar-refractivity contribution is 7.99. The predicted molar refractivity (Wildman–Crippen MR) is 110 cm³/mol. The molecule has 6 nitrogen and oxygen atoms in total. The maximum atomic E-state index is 11.8. The van der Waals surface area contributed by atoms with Gasteiger partial charge in [0.25, 0.3) is 0 Å². The highest BCUT2D eigenvalue weighted by atomic mass is 32.2. The normalized spacial score (nSPS) is 14.5. The second-order valence-electron chi connectivity index (χ2n) is 7.01. The molecule has 27 heavy (non-hydrogen) atoms. The molecular formula is C20H32N4O2S. The molecule has 0 saturated carbocycles. The maximum absolute atomic E-state index is 11.8. The first kappa shape index (κ1) is 21.7. The van der Waals surface area contributed by atoms with Crippen molar-refractivity contribution in [3.63, 3.8) is 0 Å². The molecule has 0 aliphatic carbocycles. The van der Waals surface area contributed by atoms with E-state index in [9.17, 15) is 9.59 Å². The van der Waals surface area contributed by atoms with Crippen molar-refractivity contribution in [3.8, 4) is 0 Å². The molecule has 1 aromatic heterocycles. The first-order valence-electron chi connectivity index (χ1n) is 10.3. The van der Waals surface area contributed by atoms with Crippen LogP contribution in [0.5, 0.6) is 0 Å². The van der Waals surface area contributed by atoms with Gasteiger partial charge in [0.15, 0.2) is 5.16 Å². The van der Waals surface area contributed by atoms with Crippen molar-refractivity contribution in [2.24, 2.45) is 0 Å². The lowest BCUT2D eigenvalue weighted by Gasteiger charge is -2.25. The van der Waals surface area contributed by atoms with E-state index in [4.69, 9.17) is 0 Å². The van der Waals surface area contributed by atoms with Gasteiger partial charge in [-0.15, -0.1) is 0 Å². The van der Waals surface area contributed by atoms with Gasteiger partial charge in [-0.05, 0) is 6.42 Å². The molecule has 0 atom stereocenters. The number of urea groups is 1. The molecule has 1 N–H and O–H groups in total. The van der Waals surface area contributed by atoms with Crippen LogP contribution in [0.25, 0.3) is 0 Å². The fourth-order valence-corrected chi connectivity index (χ4v) is 3.87. The summed E-state index contributed by atoms with van der Waals surface area (Å²) in [7, 11) is 0. The second-order valence-corrected chi connectivity index (χ2v) is 8.07. The second kappa shape index (κ2) is 12.7. The van der Waals surface area contributed by atoms with Crippen LogP contribution in [0.4, 0.5) is 10.5 Å². The van der Waals surface area contributed by atoms with Crippen molar-refractivity contribution in [2.75, 3.05) is 17.2 Å². The lowest BCUT2D eigenvalue weighted by Crippen LogP contribution is -2.49. The van der Waals surface area contributed by atoms with E-state index in [1.807, 2.05) is 0 Å². The molecule has 0 radical (unpaired) electrons. The molecule has 0 bridgehead atoms. The van der Waals surface area contributed by atoms with Crippen LogP contribution >= 0.6 is 11.8 Å². The molecule has 3 amide bonds. The lowest BCUT2D eigenvalue weighted by molar-refractivity contribution is -0.120. The zero-order valence-corrected chi connectivity index (χ0v) is 17.2. The van der Waals surface area contributed by atoms with Crippen LogP contribution in [0.1, 0.15) is 77.6 Å². The average Bonchev–Trinajstić information content (AvgIpc) is 2.67. The van der Waals surface area contributed by atoms with Gasteiger partial charge < -0.3 is 0 Å². The Kier molecular flexibility index (Phi) is 10.2. The Bertz CT molecular complexity index is 580. The molecule has 0 aromatic carbocycles. The number of hydrogen-bond acceptors (Lipinski definition) is 5. The zero-order valence-electron chi connectivity index (χ0n) is 16.4. The van der Waals surface area contributed by atoms with Crippen molar-refractivity contribution < 1.29 is 9.59 Å².